The van der Waals surface area contributed by atoms with Gasteiger partial charge in [-0.1, -0.05) is 23.7 Å². The average molecular weight is 319 g/mol. The highest BCUT2D eigenvalue weighted by atomic mass is 35.5. The largest absolute Gasteiger partial charge is 0.483 e. The molecule has 114 valence electrons. The molecule has 0 aliphatic heterocycles. The van der Waals surface area contributed by atoms with Crippen molar-refractivity contribution in [1.82, 2.24) is 0 Å². The fourth-order valence-corrected chi connectivity index (χ4v) is 2.12. The van der Waals surface area contributed by atoms with E-state index in [1.807, 2.05) is 6.92 Å². The van der Waals surface area contributed by atoms with Crippen molar-refractivity contribution in [3.8, 4) is 5.75 Å². The number of nitrogens with one attached hydrogen (secondary N) is 1. The minimum absolute atomic E-state index is 0.230. The molecule has 2 amide bonds. The predicted molar refractivity (Wildman–Crippen MR) is 85.3 cm³/mol. The highest BCUT2D eigenvalue weighted by Crippen LogP contribution is 2.20. The van der Waals surface area contributed by atoms with E-state index < -0.39 is 5.91 Å². The van der Waals surface area contributed by atoms with E-state index in [1.54, 1.807) is 42.5 Å². The molecule has 0 bridgehead atoms. The number of hydrogen-bond donors (Lipinski definition) is 2. The Morgan fingerprint density at radius 2 is 1.95 bits per heavy atom. The smallest absolute Gasteiger partial charge is 0.262 e. The Labute approximate surface area is 133 Å². The number of hydrogen-bond acceptors (Lipinski definition) is 3. The molecule has 0 radical (unpaired) electrons. The van der Waals surface area contributed by atoms with Crippen molar-refractivity contribution in [2.24, 2.45) is 5.73 Å². The number of amides is 2. The fourth-order valence-electron chi connectivity index (χ4n) is 1.89. The van der Waals surface area contributed by atoms with Gasteiger partial charge in [-0.25, -0.2) is 0 Å². The third-order valence-electron chi connectivity index (χ3n) is 2.97. The molecule has 0 saturated carbocycles. The van der Waals surface area contributed by atoms with Crippen LogP contribution >= 0.6 is 11.6 Å². The zero-order valence-electron chi connectivity index (χ0n) is 11.9. The van der Waals surface area contributed by atoms with Crippen LogP contribution in [0.5, 0.6) is 5.75 Å². The molecule has 3 N–H and O–H groups in total. The molecular weight excluding hydrogens is 304 g/mol. The number of anilines is 1. The van der Waals surface area contributed by atoms with Gasteiger partial charge >= 0.3 is 0 Å². The van der Waals surface area contributed by atoms with Crippen LogP contribution in [0.1, 0.15) is 15.9 Å². The van der Waals surface area contributed by atoms with E-state index >= 15 is 0 Å². The lowest BCUT2D eigenvalue weighted by atomic mass is 10.2. The molecule has 0 aliphatic rings. The lowest BCUT2D eigenvalue weighted by Crippen LogP contribution is -2.22. The number of carbonyl (C=O) groups excluding carboxylic acids is 2. The summed E-state index contributed by atoms with van der Waals surface area (Å²) < 4.78 is 5.36. The van der Waals surface area contributed by atoms with E-state index in [1.165, 1.54) is 0 Å². The SMILES string of the molecule is Cc1cc(Cl)ccc1NC(=O)COc1ccccc1C(N)=O. The first kappa shape index (κ1) is 15.9. The molecule has 0 spiro atoms. The molecule has 0 atom stereocenters. The Morgan fingerprint density at radius 3 is 2.64 bits per heavy atom. The van der Waals surface area contributed by atoms with E-state index in [-0.39, 0.29) is 23.8 Å². The van der Waals surface area contributed by atoms with Gasteiger partial charge < -0.3 is 15.8 Å². The lowest BCUT2D eigenvalue weighted by Gasteiger charge is -2.11. The summed E-state index contributed by atoms with van der Waals surface area (Å²) in [6, 6.07) is 11.6. The van der Waals surface area contributed by atoms with Gasteiger partial charge in [-0.2, -0.15) is 0 Å². The second-order valence-corrected chi connectivity index (χ2v) is 5.09. The van der Waals surface area contributed by atoms with Gasteiger partial charge in [0.25, 0.3) is 11.8 Å². The molecule has 0 heterocycles. The molecule has 0 saturated heterocycles. The van der Waals surface area contributed by atoms with Crippen LogP contribution in [0.25, 0.3) is 0 Å². The average Bonchev–Trinajstić information content (AvgIpc) is 2.48. The van der Waals surface area contributed by atoms with Gasteiger partial charge in [-0.3, -0.25) is 9.59 Å². The van der Waals surface area contributed by atoms with Crippen LogP contribution in [0.4, 0.5) is 5.69 Å². The third kappa shape index (κ3) is 3.99. The second-order valence-electron chi connectivity index (χ2n) is 4.66. The van der Waals surface area contributed by atoms with E-state index in [0.717, 1.165) is 5.56 Å². The number of primary amides is 1. The maximum absolute atomic E-state index is 11.9. The van der Waals surface area contributed by atoms with Crippen LogP contribution < -0.4 is 15.8 Å². The predicted octanol–water partition coefficient (Wildman–Crippen LogP) is 2.76. The Balaban J connectivity index is 2.00. The van der Waals surface area contributed by atoms with Crippen LogP contribution in [0.15, 0.2) is 42.5 Å². The lowest BCUT2D eigenvalue weighted by molar-refractivity contribution is -0.118. The van der Waals surface area contributed by atoms with Crippen molar-refractivity contribution >= 4 is 29.1 Å². The Morgan fingerprint density at radius 1 is 1.23 bits per heavy atom. The minimum Gasteiger partial charge on any atom is -0.483 e. The van der Waals surface area contributed by atoms with Crippen molar-refractivity contribution in [2.45, 2.75) is 6.92 Å². The van der Waals surface area contributed by atoms with Crippen molar-refractivity contribution in [3.63, 3.8) is 0 Å². The van der Waals surface area contributed by atoms with Crippen LogP contribution in [0, 0.1) is 6.92 Å². The number of para-hydroxylation sites is 1. The van der Waals surface area contributed by atoms with E-state index in [2.05, 4.69) is 5.32 Å². The quantitative estimate of drug-likeness (QED) is 0.889. The Hall–Kier alpha value is -2.53. The number of halogens is 1. The van der Waals surface area contributed by atoms with Gasteiger partial charge in [-0.05, 0) is 42.8 Å². The monoisotopic (exact) mass is 318 g/mol. The summed E-state index contributed by atoms with van der Waals surface area (Å²) in [7, 11) is 0. The maximum Gasteiger partial charge on any atom is 0.262 e. The van der Waals surface area contributed by atoms with Gasteiger partial charge in [0, 0.05) is 10.7 Å². The van der Waals surface area contributed by atoms with Crippen LogP contribution in [-0.2, 0) is 4.79 Å². The first-order valence-corrected chi connectivity index (χ1v) is 6.93. The summed E-state index contributed by atoms with van der Waals surface area (Å²) >= 11 is 5.86. The van der Waals surface area contributed by atoms with Gasteiger partial charge in [0.15, 0.2) is 6.61 Å². The number of benzene rings is 2. The van der Waals surface area contributed by atoms with Crippen LogP contribution in [-0.4, -0.2) is 18.4 Å². The number of carbonyl (C=O) groups is 2. The fraction of sp³-hybridized carbons (Fsp3) is 0.125. The van der Waals surface area contributed by atoms with Gasteiger partial charge in [0.1, 0.15) is 5.75 Å². The summed E-state index contributed by atoms with van der Waals surface area (Å²) in [6.45, 7) is 1.61. The first-order valence-electron chi connectivity index (χ1n) is 6.55. The summed E-state index contributed by atoms with van der Waals surface area (Å²) in [5.41, 5.74) is 6.98. The second kappa shape index (κ2) is 6.95. The molecule has 5 nitrogen and oxygen atoms in total. The summed E-state index contributed by atoms with van der Waals surface area (Å²) in [5.74, 6) is -0.674. The number of ether oxygens (including phenoxy) is 1. The number of aryl methyl sites for hydroxylation is 1. The number of rotatable bonds is 5. The first-order chi connectivity index (χ1) is 10.5. The summed E-state index contributed by atoms with van der Waals surface area (Å²) in [6.07, 6.45) is 0. The van der Waals surface area contributed by atoms with Crippen molar-refractivity contribution < 1.29 is 14.3 Å². The molecule has 22 heavy (non-hydrogen) atoms. The van der Waals surface area contributed by atoms with E-state index in [4.69, 9.17) is 22.1 Å². The molecule has 0 fully saturated rings. The van der Waals surface area contributed by atoms with Crippen LogP contribution in [0.3, 0.4) is 0 Å². The molecule has 2 aromatic rings. The van der Waals surface area contributed by atoms with Crippen molar-refractivity contribution in [2.75, 3.05) is 11.9 Å². The molecule has 2 rings (SSSR count). The highest BCUT2D eigenvalue weighted by molar-refractivity contribution is 6.30. The minimum atomic E-state index is -0.607. The maximum atomic E-state index is 11.9. The normalized spacial score (nSPS) is 10.1. The molecular formula is C16H15ClN2O3. The topological polar surface area (TPSA) is 81.4 Å². The summed E-state index contributed by atoms with van der Waals surface area (Å²) in [5, 5.41) is 3.32. The molecule has 2 aromatic carbocycles. The zero-order chi connectivity index (χ0) is 16.1. The van der Waals surface area contributed by atoms with Gasteiger partial charge in [0.05, 0.1) is 5.56 Å². The zero-order valence-corrected chi connectivity index (χ0v) is 12.7. The van der Waals surface area contributed by atoms with E-state index in [0.29, 0.717) is 10.7 Å². The number of nitrogens with two attached hydrogens (primary N) is 1. The van der Waals surface area contributed by atoms with Crippen molar-refractivity contribution in [3.05, 3.63) is 58.6 Å². The molecule has 0 unspecified atom stereocenters. The Bertz CT molecular complexity index is 716. The van der Waals surface area contributed by atoms with Gasteiger partial charge in [0.2, 0.25) is 0 Å². The summed E-state index contributed by atoms with van der Waals surface area (Å²) in [4.78, 5) is 23.2. The van der Waals surface area contributed by atoms with Gasteiger partial charge in [-0.15, -0.1) is 0 Å². The highest BCUT2D eigenvalue weighted by Gasteiger charge is 2.11. The van der Waals surface area contributed by atoms with Crippen molar-refractivity contribution in [1.29, 1.82) is 0 Å². The van der Waals surface area contributed by atoms with E-state index in [9.17, 15) is 9.59 Å². The molecule has 0 aliphatic carbocycles. The Kier molecular flexibility index (Phi) is 5.01. The molecule has 6 heteroatoms. The standard InChI is InChI=1S/C16H15ClN2O3/c1-10-8-11(17)6-7-13(10)19-15(20)9-22-14-5-3-2-4-12(14)16(18)21/h2-8H,9H2,1H3,(H2,18,21)(H,19,20). The van der Waals surface area contributed by atoms with Crippen LogP contribution in [0.2, 0.25) is 5.02 Å². The third-order valence-corrected chi connectivity index (χ3v) is 3.21. The molecule has 0 aromatic heterocycles.